The lowest BCUT2D eigenvalue weighted by molar-refractivity contribution is -0.384. The highest BCUT2D eigenvalue weighted by atomic mass is 32.2. The first-order valence-corrected chi connectivity index (χ1v) is 7.48. The van der Waals surface area contributed by atoms with Crippen molar-refractivity contribution in [3.63, 3.8) is 0 Å². The van der Waals surface area contributed by atoms with E-state index in [2.05, 4.69) is 5.32 Å². The molecule has 0 aliphatic heterocycles. The van der Waals surface area contributed by atoms with Crippen LogP contribution < -0.4 is 5.32 Å². The van der Waals surface area contributed by atoms with E-state index in [0.29, 0.717) is 5.75 Å². The average molecular weight is 270 g/mol. The molecule has 0 fully saturated rings. The Bertz CT molecular complexity index is 420. The van der Waals surface area contributed by atoms with Crippen molar-refractivity contribution in [2.75, 3.05) is 18.6 Å². The van der Waals surface area contributed by atoms with Gasteiger partial charge in [0.25, 0.3) is 5.69 Å². The molecule has 6 heteroatoms. The van der Waals surface area contributed by atoms with E-state index in [1.807, 2.05) is 6.92 Å². The van der Waals surface area contributed by atoms with Gasteiger partial charge >= 0.3 is 0 Å². The molecule has 5 nitrogen and oxygen atoms in total. The van der Waals surface area contributed by atoms with Gasteiger partial charge in [-0.2, -0.15) is 0 Å². The van der Waals surface area contributed by atoms with Crippen LogP contribution in [0.2, 0.25) is 0 Å². The Hall–Kier alpha value is -1.27. The van der Waals surface area contributed by atoms with Gasteiger partial charge in [-0.15, -0.1) is 0 Å². The Morgan fingerprint density at radius 2 is 2.00 bits per heavy atom. The summed E-state index contributed by atoms with van der Waals surface area (Å²) in [7, 11) is -0.789. The third-order valence-electron chi connectivity index (χ3n) is 2.54. The standard InChI is InChI=1S/C12H18N2O3S/c1-10(9-18(2)17)13-8-7-11-3-5-12(6-4-11)14(15)16/h3-6,10,13H,7-9H2,1-2H3. The van der Waals surface area contributed by atoms with Crippen molar-refractivity contribution in [1.29, 1.82) is 0 Å². The molecule has 2 unspecified atom stereocenters. The molecule has 0 spiro atoms. The van der Waals surface area contributed by atoms with Crippen molar-refractivity contribution < 1.29 is 9.13 Å². The number of rotatable bonds is 7. The zero-order valence-electron chi connectivity index (χ0n) is 10.6. The zero-order chi connectivity index (χ0) is 13.5. The molecule has 1 rings (SSSR count). The van der Waals surface area contributed by atoms with Crippen LogP contribution in [0.15, 0.2) is 24.3 Å². The molecule has 18 heavy (non-hydrogen) atoms. The summed E-state index contributed by atoms with van der Waals surface area (Å²) in [6.07, 6.45) is 2.49. The summed E-state index contributed by atoms with van der Waals surface area (Å²) >= 11 is 0. The lowest BCUT2D eigenvalue weighted by atomic mass is 10.1. The summed E-state index contributed by atoms with van der Waals surface area (Å²) < 4.78 is 11.0. The largest absolute Gasteiger partial charge is 0.313 e. The Kier molecular flexibility index (Phi) is 5.94. The summed E-state index contributed by atoms with van der Waals surface area (Å²) in [6, 6.07) is 6.78. The van der Waals surface area contributed by atoms with Crippen molar-refractivity contribution in [3.8, 4) is 0 Å². The molecule has 0 saturated heterocycles. The third kappa shape index (κ3) is 5.37. The highest BCUT2D eigenvalue weighted by Gasteiger charge is 2.05. The van der Waals surface area contributed by atoms with Gasteiger partial charge in [-0.05, 0) is 25.5 Å². The van der Waals surface area contributed by atoms with E-state index in [1.54, 1.807) is 18.4 Å². The van der Waals surface area contributed by atoms with E-state index >= 15 is 0 Å². The van der Waals surface area contributed by atoms with Crippen LogP contribution in [-0.4, -0.2) is 33.7 Å². The minimum atomic E-state index is -0.789. The van der Waals surface area contributed by atoms with Crippen LogP contribution in [0.5, 0.6) is 0 Å². The Labute approximate surface area is 109 Å². The van der Waals surface area contributed by atoms with Crippen LogP contribution in [0, 0.1) is 10.1 Å². The molecule has 0 saturated carbocycles. The van der Waals surface area contributed by atoms with Crippen LogP contribution in [0.3, 0.4) is 0 Å². The molecular formula is C12H18N2O3S. The van der Waals surface area contributed by atoms with E-state index in [-0.39, 0.29) is 11.7 Å². The molecule has 0 aromatic heterocycles. The molecule has 0 amide bonds. The SMILES string of the molecule is CC(CS(C)=O)NCCc1ccc([N+](=O)[O-])cc1. The normalized spacial score (nSPS) is 14.1. The Morgan fingerprint density at radius 3 is 2.50 bits per heavy atom. The summed E-state index contributed by atoms with van der Waals surface area (Å²) in [4.78, 5) is 10.1. The number of hydrogen-bond acceptors (Lipinski definition) is 4. The number of hydrogen-bond donors (Lipinski definition) is 1. The maximum absolute atomic E-state index is 11.0. The predicted octanol–water partition coefficient (Wildman–Crippen LogP) is 1.49. The van der Waals surface area contributed by atoms with E-state index in [0.717, 1.165) is 18.5 Å². The number of nitro groups is 1. The van der Waals surface area contributed by atoms with Gasteiger partial charge in [-0.25, -0.2) is 0 Å². The smallest absolute Gasteiger partial charge is 0.269 e. The Balaban J connectivity index is 2.35. The van der Waals surface area contributed by atoms with Gasteiger partial charge < -0.3 is 5.32 Å². The fourth-order valence-corrected chi connectivity index (χ4v) is 2.48. The maximum atomic E-state index is 11.0. The van der Waals surface area contributed by atoms with Gasteiger partial charge in [0.05, 0.1) is 4.92 Å². The van der Waals surface area contributed by atoms with Gasteiger partial charge in [0, 0.05) is 41.0 Å². The molecule has 0 heterocycles. The quantitative estimate of drug-likeness (QED) is 0.602. The van der Waals surface area contributed by atoms with Crippen LogP contribution in [0.1, 0.15) is 12.5 Å². The topological polar surface area (TPSA) is 72.2 Å². The third-order valence-corrected chi connectivity index (χ3v) is 3.51. The highest BCUT2D eigenvalue weighted by Crippen LogP contribution is 2.11. The van der Waals surface area contributed by atoms with Crippen LogP contribution in [-0.2, 0) is 17.2 Å². The zero-order valence-corrected chi connectivity index (χ0v) is 11.4. The maximum Gasteiger partial charge on any atom is 0.269 e. The second kappa shape index (κ2) is 7.23. The summed E-state index contributed by atoms with van der Waals surface area (Å²) in [5, 5.41) is 13.8. The number of nitrogens with one attached hydrogen (secondary N) is 1. The monoisotopic (exact) mass is 270 g/mol. The van der Waals surface area contributed by atoms with Crippen LogP contribution in [0.25, 0.3) is 0 Å². The first kappa shape index (κ1) is 14.8. The second-order valence-corrected chi connectivity index (χ2v) is 5.75. The van der Waals surface area contributed by atoms with Crippen LogP contribution in [0.4, 0.5) is 5.69 Å². The van der Waals surface area contributed by atoms with E-state index in [1.165, 1.54) is 12.1 Å². The fourth-order valence-electron chi connectivity index (χ4n) is 1.66. The molecule has 1 N–H and O–H groups in total. The summed E-state index contributed by atoms with van der Waals surface area (Å²) in [5.41, 5.74) is 1.17. The fraction of sp³-hybridized carbons (Fsp3) is 0.500. The minimum absolute atomic E-state index is 0.112. The second-order valence-electron chi connectivity index (χ2n) is 4.27. The van der Waals surface area contributed by atoms with Crippen molar-refractivity contribution in [2.45, 2.75) is 19.4 Å². The van der Waals surface area contributed by atoms with Gasteiger partial charge in [-0.1, -0.05) is 12.1 Å². The summed E-state index contributed by atoms with van der Waals surface area (Å²) in [6.45, 7) is 2.77. The molecule has 0 radical (unpaired) electrons. The van der Waals surface area contributed by atoms with Gasteiger partial charge in [0.2, 0.25) is 0 Å². The molecule has 1 aromatic rings. The van der Waals surface area contributed by atoms with E-state index in [9.17, 15) is 14.3 Å². The molecule has 0 bridgehead atoms. The minimum Gasteiger partial charge on any atom is -0.313 e. The molecule has 2 atom stereocenters. The van der Waals surface area contributed by atoms with Gasteiger partial charge in [0.1, 0.15) is 0 Å². The van der Waals surface area contributed by atoms with Gasteiger partial charge in [-0.3, -0.25) is 14.3 Å². The molecule has 0 aliphatic carbocycles. The molecule has 1 aromatic carbocycles. The highest BCUT2D eigenvalue weighted by molar-refractivity contribution is 7.84. The van der Waals surface area contributed by atoms with Crippen molar-refractivity contribution in [3.05, 3.63) is 39.9 Å². The number of nitro benzene ring substituents is 1. The van der Waals surface area contributed by atoms with E-state index in [4.69, 9.17) is 0 Å². The lowest BCUT2D eigenvalue weighted by Crippen LogP contribution is -2.32. The van der Waals surface area contributed by atoms with E-state index < -0.39 is 15.7 Å². The first-order valence-electron chi connectivity index (χ1n) is 5.76. The molecule has 0 aliphatic rings. The summed E-state index contributed by atoms with van der Waals surface area (Å²) in [5.74, 6) is 0.639. The lowest BCUT2D eigenvalue weighted by Gasteiger charge is -2.11. The number of nitrogens with zero attached hydrogens (tertiary/aromatic N) is 1. The molecule has 100 valence electrons. The first-order chi connectivity index (χ1) is 8.49. The Morgan fingerprint density at radius 1 is 1.39 bits per heavy atom. The van der Waals surface area contributed by atoms with Gasteiger partial charge in [0.15, 0.2) is 0 Å². The number of benzene rings is 1. The van der Waals surface area contributed by atoms with Crippen molar-refractivity contribution in [1.82, 2.24) is 5.32 Å². The van der Waals surface area contributed by atoms with Crippen molar-refractivity contribution in [2.24, 2.45) is 0 Å². The molecular weight excluding hydrogens is 252 g/mol. The van der Waals surface area contributed by atoms with Crippen LogP contribution >= 0.6 is 0 Å². The average Bonchev–Trinajstić information content (AvgIpc) is 2.28. The van der Waals surface area contributed by atoms with Crippen molar-refractivity contribution >= 4 is 16.5 Å². The number of non-ortho nitro benzene ring substituents is 1. The predicted molar refractivity (Wildman–Crippen MR) is 73.2 cm³/mol.